The molecule has 0 atom stereocenters. The van der Waals surface area contributed by atoms with E-state index in [4.69, 9.17) is 27.9 Å². The fourth-order valence-electron chi connectivity index (χ4n) is 3.08. The maximum absolute atomic E-state index is 13.1. The molecule has 0 saturated heterocycles. The zero-order valence-corrected chi connectivity index (χ0v) is 15.7. The third kappa shape index (κ3) is 3.34. The second kappa shape index (κ2) is 7.14. The van der Waals surface area contributed by atoms with Crippen LogP contribution in [0.15, 0.2) is 60.7 Å². The highest BCUT2D eigenvalue weighted by Gasteiger charge is 2.26. The van der Waals surface area contributed by atoms with Gasteiger partial charge in [0, 0.05) is 5.56 Å². The Kier molecular flexibility index (Phi) is 4.68. The Morgan fingerprint density at radius 1 is 0.963 bits per heavy atom. The second-order valence-corrected chi connectivity index (χ2v) is 6.96. The molecule has 0 unspecified atom stereocenters. The molecule has 0 radical (unpaired) electrons. The molecule has 1 amide bonds. The minimum atomic E-state index is -0.256. The number of aromatic hydroxyl groups is 1. The zero-order valence-electron chi connectivity index (χ0n) is 14.2. The Labute approximate surface area is 166 Å². The average molecular weight is 400 g/mol. The van der Waals surface area contributed by atoms with Gasteiger partial charge in [-0.2, -0.15) is 0 Å². The molecule has 3 aromatic carbocycles. The van der Waals surface area contributed by atoms with Crippen LogP contribution in [0.25, 0.3) is 11.1 Å². The van der Waals surface area contributed by atoms with Crippen molar-refractivity contribution in [3.8, 4) is 22.6 Å². The summed E-state index contributed by atoms with van der Waals surface area (Å²) in [6, 6.07) is 18.5. The molecule has 0 aromatic heterocycles. The molecule has 1 aliphatic heterocycles. The lowest BCUT2D eigenvalue weighted by Gasteiger charge is -2.30. The Balaban J connectivity index is 1.75. The lowest BCUT2D eigenvalue weighted by molar-refractivity contribution is 0.0976. The summed E-state index contributed by atoms with van der Waals surface area (Å²) < 4.78 is 5.71. The van der Waals surface area contributed by atoms with E-state index in [0.29, 0.717) is 30.2 Å². The number of anilines is 1. The van der Waals surface area contributed by atoms with Crippen LogP contribution < -0.4 is 9.64 Å². The van der Waals surface area contributed by atoms with Crippen molar-refractivity contribution >= 4 is 34.8 Å². The predicted octanol–water partition coefficient (Wildman–Crippen LogP) is 5.41. The number of carbonyl (C=O) groups excluding carboxylic acids is 1. The molecule has 4 rings (SSSR count). The van der Waals surface area contributed by atoms with Crippen LogP contribution in [0.3, 0.4) is 0 Å². The summed E-state index contributed by atoms with van der Waals surface area (Å²) in [7, 11) is 0. The number of phenols is 1. The average Bonchev–Trinajstić information content (AvgIpc) is 2.71. The molecule has 1 heterocycles. The Bertz CT molecular complexity index is 998. The number of phenolic OH excluding ortho intramolecular Hbond substituents is 1. The van der Waals surface area contributed by atoms with Crippen LogP contribution in [0.5, 0.6) is 11.5 Å². The molecule has 0 spiro atoms. The lowest BCUT2D eigenvalue weighted by atomic mass is 10.0. The Morgan fingerprint density at radius 3 is 2.37 bits per heavy atom. The van der Waals surface area contributed by atoms with Crippen LogP contribution in [0.4, 0.5) is 5.69 Å². The van der Waals surface area contributed by atoms with Gasteiger partial charge >= 0.3 is 0 Å². The fourth-order valence-corrected chi connectivity index (χ4v) is 3.57. The number of carbonyl (C=O) groups is 1. The van der Waals surface area contributed by atoms with E-state index in [2.05, 4.69) is 0 Å². The molecule has 1 N–H and O–H groups in total. The van der Waals surface area contributed by atoms with Crippen LogP contribution >= 0.6 is 23.2 Å². The highest BCUT2D eigenvalue weighted by molar-refractivity contribution is 6.37. The molecule has 6 heteroatoms. The first-order chi connectivity index (χ1) is 13.0. The van der Waals surface area contributed by atoms with Gasteiger partial charge in [0.1, 0.15) is 12.4 Å². The van der Waals surface area contributed by atoms with Gasteiger partial charge < -0.3 is 14.7 Å². The fraction of sp³-hybridized carbons (Fsp3) is 0.0952. The van der Waals surface area contributed by atoms with Crippen LogP contribution in [-0.2, 0) is 0 Å². The van der Waals surface area contributed by atoms with Crippen molar-refractivity contribution in [2.24, 2.45) is 0 Å². The normalized spacial score (nSPS) is 13.0. The van der Waals surface area contributed by atoms with Crippen molar-refractivity contribution in [2.45, 2.75) is 0 Å². The van der Waals surface area contributed by atoms with Gasteiger partial charge in [0.15, 0.2) is 5.75 Å². The Hall–Kier alpha value is -2.69. The van der Waals surface area contributed by atoms with Gasteiger partial charge in [-0.3, -0.25) is 4.79 Å². The smallest absolute Gasteiger partial charge is 0.258 e. The summed E-state index contributed by atoms with van der Waals surface area (Å²) in [4.78, 5) is 14.7. The van der Waals surface area contributed by atoms with Gasteiger partial charge in [-0.25, -0.2) is 0 Å². The lowest BCUT2D eigenvalue weighted by Crippen LogP contribution is -2.38. The largest absolute Gasteiger partial charge is 0.505 e. The van der Waals surface area contributed by atoms with E-state index >= 15 is 0 Å². The molecular formula is C21H15Cl2NO3. The van der Waals surface area contributed by atoms with E-state index < -0.39 is 0 Å². The number of amides is 1. The standard InChI is InChI=1S/C21H15Cl2NO3/c22-16-10-15(11-17(23)20(16)25)21(26)24-8-9-27-19-7-6-14(12-18(19)24)13-4-2-1-3-5-13/h1-7,10-12,25H,8-9H2. The summed E-state index contributed by atoms with van der Waals surface area (Å²) in [5, 5.41) is 9.81. The van der Waals surface area contributed by atoms with Gasteiger partial charge in [-0.05, 0) is 35.4 Å². The molecule has 136 valence electrons. The molecule has 0 aliphatic carbocycles. The first-order valence-electron chi connectivity index (χ1n) is 8.37. The zero-order chi connectivity index (χ0) is 19.0. The summed E-state index contributed by atoms with van der Waals surface area (Å²) in [6.45, 7) is 0.795. The van der Waals surface area contributed by atoms with E-state index in [-0.39, 0.29) is 21.7 Å². The number of rotatable bonds is 2. The number of fused-ring (bicyclic) bond motifs is 1. The van der Waals surface area contributed by atoms with E-state index in [1.165, 1.54) is 12.1 Å². The van der Waals surface area contributed by atoms with Crippen LogP contribution in [-0.4, -0.2) is 24.2 Å². The maximum atomic E-state index is 13.1. The highest BCUT2D eigenvalue weighted by atomic mass is 35.5. The van der Waals surface area contributed by atoms with Crippen molar-refractivity contribution in [3.63, 3.8) is 0 Å². The molecule has 0 fully saturated rings. The molecule has 3 aromatic rings. The highest BCUT2D eigenvalue weighted by Crippen LogP contribution is 2.38. The summed E-state index contributed by atoms with van der Waals surface area (Å²) in [5.41, 5.74) is 3.03. The van der Waals surface area contributed by atoms with Gasteiger partial charge in [-0.1, -0.05) is 59.6 Å². The second-order valence-electron chi connectivity index (χ2n) is 6.14. The van der Waals surface area contributed by atoms with Crippen molar-refractivity contribution < 1.29 is 14.6 Å². The first-order valence-corrected chi connectivity index (χ1v) is 9.12. The van der Waals surface area contributed by atoms with Gasteiger partial charge in [0.05, 0.1) is 22.3 Å². The quantitative estimate of drug-likeness (QED) is 0.626. The summed E-state index contributed by atoms with van der Waals surface area (Å²) >= 11 is 12.0. The first kappa shape index (κ1) is 17.7. The van der Waals surface area contributed by atoms with Crippen molar-refractivity contribution in [3.05, 3.63) is 76.3 Å². The number of benzene rings is 3. The molecule has 1 aliphatic rings. The number of ether oxygens (including phenoxy) is 1. The van der Waals surface area contributed by atoms with Crippen LogP contribution in [0, 0.1) is 0 Å². The molecule has 4 nitrogen and oxygen atoms in total. The van der Waals surface area contributed by atoms with Gasteiger partial charge in [0.25, 0.3) is 5.91 Å². The third-order valence-electron chi connectivity index (χ3n) is 4.44. The maximum Gasteiger partial charge on any atom is 0.258 e. The molecule has 0 bridgehead atoms. The minimum Gasteiger partial charge on any atom is -0.505 e. The summed E-state index contributed by atoms with van der Waals surface area (Å²) in [6.07, 6.45) is 0. The monoisotopic (exact) mass is 399 g/mol. The Morgan fingerprint density at radius 2 is 1.67 bits per heavy atom. The summed E-state index contributed by atoms with van der Waals surface area (Å²) in [5.74, 6) is 0.155. The van der Waals surface area contributed by atoms with Gasteiger partial charge in [0.2, 0.25) is 0 Å². The van der Waals surface area contributed by atoms with Crippen LogP contribution in [0.2, 0.25) is 10.0 Å². The number of nitrogens with zero attached hydrogens (tertiary/aromatic N) is 1. The van der Waals surface area contributed by atoms with Gasteiger partial charge in [-0.15, -0.1) is 0 Å². The van der Waals surface area contributed by atoms with Crippen LogP contribution in [0.1, 0.15) is 10.4 Å². The SMILES string of the molecule is O=C(c1cc(Cl)c(O)c(Cl)c1)N1CCOc2ccc(-c3ccccc3)cc21. The minimum absolute atomic E-state index is 0.0392. The van der Waals surface area contributed by atoms with E-state index in [0.717, 1.165) is 11.1 Å². The number of hydrogen-bond donors (Lipinski definition) is 1. The topological polar surface area (TPSA) is 49.8 Å². The predicted molar refractivity (Wildman–Crippen MR) is 107 cm³/mol. The van der Waals surface area contributed by atoms with E-state index in [1.54, 1.807) is 4.90 Å². The van der Waals surface area contributed by atoms with E-state index in [9.17, 15) is 9.90 Å². The van der Waals surface area contributed by atoms with Crippen molar-refractivity contribution in [1.82, 2.24) is 0 Å². The third-order valence-corrected chi connectivity index (χ3v) is 5.01. The van der Waals surface area contributed by atoms with Crippen molar-refractivity contribution in [1.29, 1.82) is 0 Å². The molecule has 0 saturated carbocycles. The van der Waals surface area contributed by atoms with Crippen molar-refractivity contribution in [2.75, 3.05) is 18.1 Å². The number of halogens is 2. The van der Waals surface area contributed by atoms with E-state index in [1.807, 2.05) is 48.5 Å². The molecule has 27 heavy (non-hydrogen) atoms. The molecular weight excluding hydrogens is 385 g/mol. The number of hydrogen-bond acceptors (Lipinski definition) is 3.